The van der Waals surface area contributed by atoms with E-state index < -0.39 is 5.91 Å². The van der Waals surface area contributed by atoms with Gasteiger partial charge in [-0.05, 0) is 77.3 Å². The number of nitrogens with zero attached hydrogens (tertiary/aromatic N) is 3. The van der Waals surface area contributed by atoms with Crippen molar-refractivity contribution in [1.82, 2.24) is 15.2 Å². The van der Waals surface area contributed by atoms with Gasteiger partial charge in [0.2, 0.25) is 0 Å². The first kappa shape index (κ1) is 28.9. The Morgan fingerprint density at radius 2 is 1.92 bits per heavy atom. The molecule has 202 valence electrons. The molecule has 0 bridgehead atoms. The predicted molar refractivity (Wildman–Crippen MR) is 149 cm³/mol. The normalized spacial score (nSPS) is 15.7. The zero-order chi connectivity index (χ0) is 28.1. The largest absolute Gasteiger partial charge is 0.391 e. The van der Waals surface area contributed by atoms with Gasteiger partial charge < -0.3 is 5.32 Å². The Kier molecular flexibility index (Phi) is 9.33. The average Bonchev–Trinajstić information content (AvgIpc) is 2.88. The molecule has 0 saturated heterocycles. The van der Waals surface area contributed by atoms with Crippen LogP contribution in [0.3, 0.4) is 0 Å². The molecule has 1 N–H and O–H groups in total. The molecule has 1 aromatic carbocycles. The second-order valence-corrected chi connectivity index (χ2v) is 9.77. The Morgan fingerprint density at radius 3 is 2.50 bits per heavy atom. The number of ketones is 1. The van der Waals surface area contributed by atoms with Gasteiger partial charge in [0.25, 0.3) is 5.91 Å². The number of benzene rings is 1. The SMILES string of the molecule is CN/C(C)=C/C(=O)N(F)c1ccnc(C)c1/C=C(\C)C(C)N1CC=C(c2c(C)cc(C(C)=O)cc2F)CC1. The zero-order valence-corrected chi connectivity index (χ0v) is 23.2. The van der Waals surface area contributed by atoms with Crippen LogP contribution in [-0.4, -0.2) is 47.8 Å². The van der Waals surface area contributed by atoms with Crippen LogP contribution in [0.5, 0.6) is 0 Å². The molecule has 0 fully saturated rings. The Balaban J connectivity index is 1.83. The minimum Gasteiger partial charge on any atom is -0.391 e. The maximum Gasteiger partial charge on any atom is 0.280 e. The molecule has 2 aromatic rings. The molecule has 1 aliphatic rings. The van der Waals surface area contributed by atoms with Crippen molar-refractivity contribution in [3.05, 3.63) is 81.6 Å². The first-order chi connectivity index (χ1) is 17.9. The molecule has 1 amide bonds. The van der Waals surface area contributed by atoms with Crippen LogP contribution < -0.4 is 10.4 Å². The molecule has 6 nitrogen and oxygen atoms in total. The number of nitrogens with one attached hydrogen (secondary N) is 1. The number of hydrogen-bond acceptors (Lipinski definition) is 5. The third-order valence-corrected chi connectivity index (χ3v) is 7.14. The van der Waals surface area contributed by atoms with Crippen LogP contribution in [0.25, 0.3) is 11.6 Å². The summed E-state index contributed by atoms with van der Waals surface area (Å²) >= 11 is 0. The molecule has 0 spiro atoms. The predicted octanol–water partition coefficient (Wildman–Crippen LogP) is 5.96. The number of carbonyl (C=O) groups excluding carboxylic acids is 2. The van der Waals surface area contributed by atoms with E-state index in [1.807, 2.05) is 26.0 Å². The molecular formula is C30H36F2N4O2. The number of halogens is 2. The number of aryl methyl sites for hydroxylation is 2. The van der Waals surface area contributed by atoms with Gasteiger partial charge in [0.05, 0.1) is 5.69 Å². The number of allylic oxidation sites excluding steroid dienone is 1. The minimum absolute atomic E-state index is 0.0153. The molecule has 1 atom stereocenters. The first-order valence-electron chi connectivity index (χ1n) is 12.7. The van der Waals surface area contributed by atoms with Crippen LogP contribution in [-0.2, 0) is 4.79 Å². The van der Waals surface area contributed by atoms with E-state index in [0.717, 1.165) is 16.7 Å². The highest BCUT2D eigenvalue weighted by atomic mass is 19.2. The number of anilines is 1. The number of amides is 1. The summed E-state index contributed by atoms with van der Waals surface area (Å²) in [5.41, 5.74) is 5.45. The lowest BCUT2D eigenvalue weighted by molar-refractivity contribution is -0.116. The van der Waals surface area contributed by atoms with Gasteiger partial charge in [0.1, 0.15) is 5.82 Å². The monoisotopic (exact) mass is 522 g/mol. The second-order valence-electron chi connectivity index (χ2n) is 9.77. The van der Waals surface area contributed by atoms with E-state index in [-0.39, 0.29) is 28.5 Å². The van der Waals surface area contributed by atoms with E-state index in [1.54, 1.807) is 27.0 Å². The number of aromatic nitrogens is 1. The molecule has 1 aromatic heterocycles. The van der Waals surface area contributed by atoms with Gasteiger partial charge in [-0.1, -0.05) is 22.2 Å². The lowest BCUT2D eigenvalue weighted by Crippen LogP contribution is -2.37. The van der Waals surface area contributed by atoms with Crippen LogP contribution in [0.2, 0.25) is 0 Å². The van der Waals surface area contributed by atoms with E-state index in [2.05, 4.69) is 22.1 Å². The van der Waals surface area contributed by atoms with E-state index in [0.29, 0.717) is 47.6 Å². The second kappa shape index (κ2) is 12.3. The van der Waals surface area contributed by atoms with Gasteiger partial charge in [0, 0.05) is 66.5 Å². The van der Waals surface area contributed by atoms with Crippen molar-refractivity contribution in [2.45, 2.75) is 54.0 Å². The Labute approximate surface area is 223 Å². The van der Waals surface area contributed by atoms with Crippen molar-refractivity contribution < 1.29 is 18.5 Å². The highest BCUT2D eigenvalue weighted by molar-refractivity contribution is 6.01. The van der Waals surface area contributed by atoms with Crippen LogP contribution >= 0.6 is 0 Å². The fraction of sp³-hybridized carbons (Fsp3) is 0.367. The topological polar surface area (TPSA) is 65.5 Å². The fourth-order valence-electron chi connectivity index (χ4n) is 4.60. The van der Waals surface area contributed by atoms with Crippen LogP contribution in [0.15, 0.2) is 47.8 Å². The number of Topliss-reactive ketones (excluding diaryl/α,β-unsaturated/α-hetero) is 1. The first-order valence-corrected chi connectivity index (χ1v) is 12.7. The summed E-state index contributed by atoms with van der Waals surface area (Å²) in [6, 6.07) is 4.56. The standard InChI is InChI=1S/C30H36F2N4O2/c1-18(15-26-21(4)34-11-8-28(26)36(32)29(38)16-20(3)33-7)22(5)35-12-9-24(10-13-35)30-19(2)14-25(23(6)37)17-27(30)31/h8-9,11,14-17,22,33H,10,12-13H2,1-7H3/b18-15+,20-16+. The van der Waals surface area contributed by atoms with Gasteiger partial charge in [-0.2, -0.15) is 0 Å². The van der Waals surface area contributed by atoms with Crippen molar-refractivity contribution in [2.24, 2.45) is 0 Å². The molecule has 0 aliphatic carbocycles. The average molecular weight is 523 g/mol. The quantitative estimate of drug-likeness (QED) is 0.263. The van der Waals surface area contributed by atoms with Gasteiger partial charge in [-0.25, -0.2) is 4.39 Å². The summed E-state index contributed by atoms with van der Waals surface area (Å²) in [7, 11) is 1.66. The Hall–Kier alpha value is -3.65. The van der Waals surface area contributed by atoms with Crippen LogP contribution in [0, 0.1) is 19.7 Å². The maximum atomic E-state index is 15.1. The summed E-state index contributed by atoms with van der Waals surface area (Å²) in [6.07, 6.45) is 7.26. The fourth-order valence-corrected chi connectivity index (χ4v) is 4.60. The van der Waals surface area contributed by atoms with Crippen molar-refractivity contribution >= 4 is 29.0 Å². The molecule has 3 rings (SSSR count). The maximum absolute atomic E-state index is 15.1. The molecule has 2 heterocycles. The van der Waals surface area contributed by atoms with Crippen molar-refractivity contribution in [2.75, 3.05) is 25.3 Å². The highest BCUT2D eigenvalue weighted by Crippen LogP contribution is 2.31. The minimum atomic E-state index is -0.782. The third-order valence-electron chi connectivity index (χ3n) is 7.14. The van der Waals surface area contributed by atoms with Gasteiger partial charge in [-0.15, -0.1) is 5.12 Å². The van der Waals surface area contributed by atoms with Crippen molar-refractivity contribution in [3.63, 3.8) is 0 Å². The van der Waals surface area contributed by atoms with Crippen molar-refractivity contribution in [3.8, 4) is 0 Å². The Bertz CT molecular complexity index is 1310. The van der Waals surface area contributed by atoms with Gasteiger partial charge >= 0.3 is 0 Å². The van der Waals surface area contributed by atoms with Crippen molar-refractivity contribution in [1.29, 1.82) is 0 Å². The molecular weight excluding hydrogens is 486 g/mol. The number of hydrogen-bond donors (Lipinski definition) is 1. The summed E-state index contributed by atoms with van der Waals surface area (Å²) in [5, 5.41) is 2.96. The van der Waals surface area contributed by atoms with E-state index in [1.165, 1.54) is 31.3 Å². The van der Waals surface area contributed by atoms with E-state index in [4.69, 9.17) is 0 Å². The lowest BCUT2D eigenvalue weighted by atomic mass is 9.92. The molecule has 1 aliphatic heterocycles. The number of rotatable bonds is 8. The number of pyridine rings is 1. The third kappa shape index (κ3) is 6.42. The number of carbonyl (C=O) groups is 2. The summed E-state index contributed by atoms with van der Waals surface area (Å²) in [5.74, 6) is -1.31. The van der Waals surface area contributed by atoms with Gasteiger partial charge in [0.15, 0.2) is 5.78 Å². The van der Waals surface area contributed by atoms with E-state index in [9.17, 15) is 14.0 Å². The van der Waals surface area contributed by atoms with Gasteiger partial charge in [-0.3, -0.25) is 19.5 Å². The summed E-state index contributed by atoms with van der Waals surface area (Å²) in [6.45, 7) is 12.1. The van der Waals surface area contributed by atoms with Crippen LogP contribution in [0.4, 0.5) is 14.6 Å². The highest BCUT2D eigenvalue weighted by Gasteiger charge is 2.23. The summed E-state index contributed by atoms with van der Waals surface area (Å²) < 4.78 is 30.0. The Morgan fingerprint density at radius 1 is 1.21 bits per heavy atom. The zero-order valence-electron chi connectivity index (χ0n) is 23.2. The smallest absolute Gasteiger partial charge is 0.280 e. The van der Waals surface area contributed by atoms with E-state index >= 15 is 4.48 Å². The lowest BCUT2D eigenvalue weighted by Gasteiger charge is -2.33. The molecule has 38 heavy (non-hydrogen) atoms. The molecule has 0 radical (unpaired) electrons. The molecule has 0 saturated carbocycles. The molecule has 8 heteroatoms. The van der Waals surface area contributed by atoms with Crippen LogP contribution in [0.1, 0.15) is 66.9 Å². The molecule has 1 unspecified atom stereocenters. The summed E-state index contributed by atoms with van der Waals surface area (Å²) in [4.78, 5) is 30.7.